The molecule has 1 saturated heterocycles. The van der Waals surface area contributed by atoms with Crippen molar-refractivity contribution in [1.29, 1.82) is 0 Å². The summed E-state index contributed by atoms with van der Waals surface area (Å²) in [7, 11) is 0. The highest BCUT2D eigenvalue weighted by Crippen LogP contribution is 2.17. The SMILES string of the molecule is CCN1CCN(Cc2cc(C)c(C(=O)O)o2)CC1. The van der Waals surface area contributed by atoms with Gasteiger partial charge < -0.3 is 14.4 Å². The zero-order valence-electron chi connectivity index (χ0n) is 11.0. The molecule has 0 saturated carbocycles. The highest BCUT2D eigenvalue weighted by molar-refractivity contribution is 5.86. The van der Waals surface area contributed by atoms with Gasteiger partial charge in [0.1, 0.15) is 5.76 Å². The molecule has 0 spiro atoms. The molecule has 0 aromatic carbocycles. The van der Waals surface area contributed by atoms with Gasteiger partial charge in [-0.2, -0.15) is 0 Å². The molecule has 1 aliphatic heterocycles. The van der Waals surface area contributed by atoms with Crippen LogP contribution in [0.4, 0.5) is 0 Å². The number of likely N-dealkylation sites (N-methyl/N-ethyl adjacent to an activating group) is 1. The minimum absolute atomic E-state index is 0.0668. The fraction of sp³-hybridized carbons (Fsp3) is 0.615. The fourth-order valence-electron chi connectivity index (χ4n) is 2.32. The first-order chi connectivity index (χ1) is 8.60. The molecule has 0 unspecified atom stereocenters. The Hall–Kier alpha value is -1.33. The van der Waals surface area contributed by atoms with Gasteiger partial charge in [-0.3, -0.25) is 4.90 Å². The van der Waals surface area contributed by atoms with E-state index in [1.807, 2.05) is 6.07 Å². The lowest BCUT2D eigenvalue weighted by Crippen LogP contribution is -2.45. The van der Waals surface area contributed by atoms with Crippen LogP contribution >= 0.6 is 0 Å². The Morgan fingerprint density at radius 3 is 2.44 bits per heavy atom. The number of nitrogens with zero attached hydrogens (tertiary/aromatic N) is 2. The van der Waals surface area contributed by atoms with Crippen LogP contribution in [0.3, 0.4) is 0 Å². The Bertz CT molecular complexity index is 420. The van der Waals surface area contributed by atoms with Gasteiger partial charge in [-0.15, -0.1) is 0 Å². The summed E-state index contributed by atoms with van der Waals surface area (Å²) >= 11 is 0. The topological polar surface area (TPSA) is 56.9 Å². The van der Waals surface area contributed by atoms with Gasteiger partial charge in [-0.05, 0) is 19.5 Å². The summed E-state index contributed by atoms with van der Waals surface area (Å²) in [6.45, 7) is 9.90. The third kappa shape index (κ3) is 2.91. The van der Waals surface area contributed by atoms with Crippen LogP contribution in [0, 0.1) is 6.92 Å². The highest BCUT2D eigenvalue weighted by atomic mass is 16.4. The predicted octanol–water partition coefficient (Wildman–Crippen LogP) is 1.42. The van der Waals surface area contributed by atoms with E-state index in [1.165, 1.54) is 0 Å². The van der Waals surface area contributed by atoms with E-state index in [4.69, 9.17) is 9.52 Å². The summed E-state index contributed by atoms with van der Waals surface area (Å²) < 4.78 is 5.38. The van der Waals surface area contributed by atoms with Crippen molar-refractivity contribution in [3.63, 3.8) is 0 Å². The number of aryl methyl sites for hydroxylation is 1. The van der Waals surface area contributed by atoms with Crippen LogP contribution < -0.4 is 0 Å². The smallest absolute Gasteiger partial charge is 0.372 e. The lowest BCUT2D eigenvalue weighted by Gasteiger charge is -2.33. The number of rotatable bonds is 4. The lowest BCUT2D eigenvalue weighted by molar-refractivity contribution is 0.0655. The van der Waals surface area contributed by atoms with Gasteiger partial charge in [0, 0.05) is 31.7 Å². The monoisotopic (exact) mass is 252 g/mol. The van der Waals surface area contributed by atoms with Crippen molar-refractivity contribution in [2.24, 2.45) is 0 Å². The summed E-state index contributed by atoms with van der Waals surface area (Å²) in [6, 6.07) is 1.83. The molecule has 1 aliphatic rings. The highest BCUT2D eigenvalue weighted by Gasteiger charge is 2.19. The van der Waals surface area contributed by atoms with Gasteiger partial charge >= 0.3 is 5.97 Å². The number of furan rings is 1. The van der Waals surface area contributed by atoms with Crippen LogP contribution in [0.2, 0.25) is 0 Å². The third-order valence-corrected chi connectivity index (χ3v) is 3.45. The van der Waals surface area contributed by atoms with E-state index in [9.17, 15) is 4.79 Å². The fourth-order valence-corrected chi connectivity index (χ4v) is 2.32. The Balaban J connectivity index is 1.94. The van der Waals surface area contributed by atoms with Crippen molar-refractivity contribution in [2.75, 3.05) is 32.7 Å². The van der Waals surface area contributed by atoms with Crippen LogP contribution in [-0.2, 0) is 6.54 Å². The van der Waals surface area contributed by atoms with Crippen molar-refractivity contribution in [1.82, 2.24) is 9.80 Å². The van der Waals surface area contributed by atoms with Crippen LogP contribution in [0.5, 0.6) is 0 Å². The number of carboxylic acids is 1. The van der Waals surface area contributed by atoms with Crippen LogP contribution in [0.15, 0.2) is 10.5 Å². The molecule has 5 nitrogen and oxygen atoms in total. The van der Waals surface area contributed by atoms with Crippen molar-refractivity contribution < 1.29 is 14.3 Å². The zero-order chi connectivity index (χ0) is 13.1. The van der Waals surface area contributed by atoms with Crippen molar-refractivity contribution in [3.8, 4) is 0 Å². The first kappa shape index (κ1) is 13.1. The summed E-state index contributed by atoms with van der Waals surface area (Å²) in [5.41, 5.74) is 0.699. The second-order valence-electron chi connectivity index (χ2n) is 4.74. The van der Waals surface area contributed by atoms with E-state index < -0.39 is 5.97 Å². The molecule has 18 heavy (non-hydrogen) atoms. The molecule has 0 atom stereocenters. The van der Waals surface area contributed by atoms with E-state index in [0.29, 0.717) is 12.1 Å². The van der Waals surface area contributed by atoms with Crippen LogP contribution in [-0.4, -0.2) is 53.6 Å². The summed E-state index contributed by atoms with van der Waals surface area (Å²) in [5, 5.41) is 8.94. The number of hydrogen-bond acceptors (Lipinski definition) is 4. The first-order valence-electron chi connectivity index (χ1n) is 6.37. The average Bonchev–Trinajstić information content (AvgIpc) is 2.71. The second-order valence-corrected chi connectivity index (χ2v) is 4.74. The lowest BCUT2D eigenvalue weighted by atomic mass is 10.2. The number of piperazine rings is 1. The minimum atomic E-state index is -0.991. The summed E-state index contributed by atoms with van der Waals surface area (Å²) in [4.78, 5) is 15.6. The Morgan fingerprint density at radius 1 is 1.33 bits per heavy atom. The Labute approximate surface area is 107 Å². The number of aromatic carboxylic acids is 1. The molecule has 2 heterocycles. The van der Waals surface area contributed by atoms with E-state index in [1.54, 1.807) is 6.92 Å². The second kappa shape index (κ2) is 5.54. The van der Waals surface area contributed by atoms with Crippen LogP contribution in [0.1, 0.15) is 28.8 Å². The Kier molecular flexibility index (Phi) is 4.04. The quantitative estimate of drug-likeness (QED) is 0.878. The molecule has 0 amide bonds. The molecule has 100 valence electrons. The number of carbonyl (C=O) groups is 1. The van der Waals surface area contributed by atoms with Crippen molar-refractivity contribution in [3.05, 3.63) is 23.2 Å². The molecule has 1 aromatic rings. The molecule has 0 aliphatic carbocycles. The molecule has 5 heteroatoms. The van der Waals surface area contributed by atoms with E-state index in [2.05, 4.69) is 16.7 Å². The van der Waals surface area contributed by atoms with E-state index in [-0.39, 0.29) is 5.76 Å². The van der Waals surface area contributed by atoms with E-state index in [0.717, 1.165) is 38.5 Å². The first-order valence-corrected chi connectivity index (χ1v) is 6.37. The van der Waals surface area contributed by atoms with Crippen LogP contribution in [0.25, 0.3) is 0 Å². The molecular weight excluding hydrogens is 232 g/mol. The van der Waals surface area contributed by atoms with E-state index >= 15 is 0 Å². The molecule has 1 fully saturated rings. The van der Waals surface area contributed by atoms with Gasteiger partial charge in [0.25, 0.3) is 0 Å². The Morgan fingerprint density at radius 2 is 1.94 bits per heavy atom. The maximum absolute atomic E-state index is 10.9. The van der Waals surface area contributed by atoms with Gasteiger partial charge in [0.15, 0.2) is 0 Å². The minimum Gasteiger partial charge on any atom is -0.475 e. The molecular formula is C13H20N2O3. The van der Waals surface area contributed by atoms with Gasteiger partial charge in [-0.25, -0.2) is 4.79 Å². The molecule has 0 radical (unpaired) electrons. The maximum atomic E-state index is 10.9. The van der Waals surface area contributed by atoms with Gasteiger partial charge in [-0.1, -0.05) is 6.92 Å². The van der Waals surface area contributed by atoms with Gasteiger partial charge in [0.2, 0.25) is 5.76 Å². The summed E-state index contributed by atoms with van der Waals surface area (Å²) in [6.07, 6.45) is 0. The predicted molar refractivity (Wildman–Crippen MR) is 67.8 cm³/mol. The largest absolute Gasteiger partial charge is 0.475 e. The molecule has 0 bridgehead atoms. The third-order valence-electron chi connectivity index (χ3n) is 3.45. The normalized spacial score (nSPS) is 18.1. The maximum Gasteiger partial charge on any atom is 0.372 e. The standard InChI is InChI=1S/C13H20N2O3/c1-3-14-4-6-15(7-5-14)9-11-8-10(2)12(18-11)13(16)17/h8H,3-7,9H2,1-2H3,(H,16,17). The van der Waals surface area contributed by atoms with Crippen molar-refractivity contribution in [2.45, 2.75) is 20.4 Å². The summed E-state index contributed by atoms with van der Waals surface area (Å²) in [5.74, 6) is -0.179. The average molecular weight is 252 g/mol. The van der Waals surface area contributed by atoms with Gasteiger partial charge in [0.05, 0.1) is 6.54 Å². The molecule has 1 aromatic heterocycles. The zero-order valence-corrected chi connectivity index (χ0v) is 11.0. The number of carboxylic acid groups (broad SMARTS) is 1. The molecule has 1 N–H and O–H groups in total. The molecule has 2 rings (SSSR count). The van der Waals surface area contributed by atoms with Crippen molar-refractivity contribution >= 4 is 5.97 Å². The number of hydrogen-bond donors (Lipinski definition) is 1.